The molecule has 1 heterocycles. The Labute approximate surface area is 121 Å². The first-order chi connectivity index (χ1) is 10.3. The average Bonchev–Trinajstić information content (AvgIpc) is 2.54. The van der Waals surface area contributed by atoms with Gasteiger partial charge in [-0.05, 0) is 35.0 Å². The summed E-state index contributed by atoms with van der Waals surface area (Å²) in [5.74, 6) is 5.45. The van der Waals surface area contributed by atoms with E-state index in [0.29, 0.717) is 11.4 Å². The van der Waals surface area contributed by atoms with Crippen LogP contribution in [0.2, 0.25) is 0 Å². The maximum absolute atomic E-state index is 12.3. The molecule has 0 spiro atoms. The molecule has 1 aromatic heterocycles. The number of carbonyl (C=O) groups excluding carboxylic acids is 1. The lowest BCUT2D eigenvalue weighted by molar-refractivity contribution is 0.102. The number of nitrogens with one attached hydrogen (secondary N) is 2. The molecule has 5 nitrogen and oxygen atoms in total. The molecule has 0 fully saturated rings. The maximum Gasteiger partial charge on any atom is 0.259 e. The van der Waals surface area contributed by atoms with Gasteiger partial charge in [0.1, 0.15) is 0 Å². The highest BCUT2D eigenvalue weighted by Gasteiger charge is 2.11. The molecule has 21 heavy (non-hydrogen) atoms. The Morgan fingerprint density at radius 3 is 2.62 bits per heavy atom. The van der Waals surface area contributed by atoms with Gasteiger partial charge in [0, 0.05) is 11.9 Å². The van der Waals surface area contributed by atoms with Gasteiger partial charge in [-0.2, -0.15) is 0 Å². The first kappa shape index (κ1) is 13.1. The monoisotopic (exact) mass is 278 g/mol. The lowest BCUT2D eigenvalue weighted by Gasteiger charge is -2.09. The average molecular weight is 278 g/mol. The van der Waals surface area contributed by atoms with Crippen LogP contribution >= 0.6 is 0 Å². The van der Waals surface area contributed by atoms with Crippen LogP contribution in [-0.4, -0.2) is 10.9 Å². The normalized spacial score (nSPS) is 10.3. The van der Waals surface area contributed by atoms with E-state index in [1.165, 1.54) is 0 Å². The zero-order valence-corrected chi connectivity index (χ0v) is 11.2. The summed E-state index contributed by atoms with van der Waals surface area (Å²) in [7, 11) is 0. The Kier molecular flexibility index (Phi) is 3.49. The van der Waals surface area contributed by atoms with Crippen LogP contribution in [0.25, 0.3) is 10.8 Å². The van der Waals surface area contributed by atoms with Gasteiger partial charge in [-0.1, -0.05) is 30.3 Å². The van der Waals surface area contributed by atoms with Crippen LogP contribution in [-0.2, 0) is 0 Å². The molecule has 0 atom stereocenters. The number of pyridine rings is 1. The standard InChI is InChI=1S/C16H14N4O/c17-20-15-14(6-3-9-18-15)16(21)19-13-8-7-11-4-1-2-5-12(11)10-13/h1-10H,17H2,(H,18,20)(H,19,21). The van der Waals surface area contributed by atoms with E-state index in [0.717, 1.165) is 16.5 Å². The first-order valence-corrected chi connectivity index (χ1v) is 6.50. The number of carbonyl (C=O) groups is 1. The molecule has 0 bridgehead atoms. The summed E-state index contributed by atoms with van der Waals surface area (Å²) in [6, 6.07) is 17.1. The third kappa shape index (κ3) is 2.68. The number of benzene rings is 2. The molecule has 0 aliphatic carbocycles. The van der Waals surface area contributed by atoms with Crippen molar-refractivity contribution in [1.82, 2.24) is 4.98 Å². The summed E-state index contributed by atoms with van der Waals surface area (Å²) in [6.07, 6.45) is 1.57. The number of nitrogens with zero attached hydrogens (tertiary/aromatic N) is 1. The van der Waals surface area contributed by atoms with E-state index in [2.05, 4.69) is 15.7 Å². The minimum atomic E-state index is -0.258. The zero-order valence-electron chi connectivity index (χ0n) is 11.2. The van der Waals surface area contributed by atoms with Gasteiger partial charge in [0.15, 0.2) is 5.82 Å². The van der Waals surface area contributed by atoms with E-state index in [9.17, 15) is 4.79 Å². The molecule has 0 saturated heterocycles. The quantitative estimate of drug-likeness (QED) is 0.508. The maximum atomic E-state index is 12.3. The summed E-state index contributed by atoms with van der Waals surface area (Å²) in [5, 5.41) is 5.04. The number of hydrogen-bond donors (Lipinski definition) is 3. The number of nitrogen functional groups attached to an aromatic ring is 1. The molecule has 3 rings (SSSR count). The van der Waals surface area contributed by atoms with E-state index in [4.69, 9.17) is 5.84 Å². The fourth-order valence-corrected chi connectivity index (χ4v) is 2.17. The summed E-state index contributed by atoms with van der Waals surface area (Å²) >= 11 is 0. The second-order valence-corrected chi connectivity index (χ2v) is 4.56. The van der Waals surface area contributed by atoms with Crippen LogP contribution in [0, 0.1) is 0 Å². The summed E-state index contributed by atoms with van der Waals surface area (Å²) in [5.41, 5.74) is 3.54. The third-order valence-corrected chi connectivity index (χ3v) is 3.20. The van der Waals surface area contributed by atoms with E-state index in [1.807, 2.05) is 42.5 Å². The van der Waals surface area contributed by atoms with Crippen LogP contribution in [0.3, 0.4) is 0 Å². The minimum absolute atomic E-state index is 0.258. The van der Waals surface area contributed by atoms with Crippen molar-refractivity contribution in [3.63, 3.8) is 0 Å². The van der Waals surface area contributed by atoms with Gasteiger partial charge >= 0.3 is 0 Å². The zero-order chi connectivity index (χ0) is 14.7. The van der Waals surface area contributed by atoms with Crippen LogP contribution in [0.5, 0.6) is 0 Å². The highest BCUT2D eigenvalue weighted by molar-refractivity contribution is 6.08. The van der Waals surface area contributed by atoms with Crippen molar-refractivity contribution in [2.24, 2.45) is 5.84 Å². The van der Waals surface area contributed by atoms with E-state index in [-0.39, 0.29) is 5.91 Å². The second-order valence-electron chi connectivity index (χ2n) is 4.56. The lowest BCUT2D eigenvalue weighted by Crippen LogP contribution is -2.18. The number of nitrogens with two attached hydrogens (primary N) is 1. The number of anilines is 2. The number of rotatable bonds is 3. The molecule has 104 valence electrons. The number of aromatic nitrogens is 1. The van der Waals surface area contributed by atoms with Crippen molar-refractivity contribution < 1.29 is 4.79 Å². The van der Waals surface area contributed by atoms with Gasteiger partial charge < -0.3 is 10.7 Å². The minimum Gasteiger partial charge on any atom is -0.322 e. The van der Waals surface area contributed by atoms with Gasteiger partial charge in [-0.3, -0.25) is 4.79 Å². The number of amides is 1. The number of hydrazine groups is 1. The van der Waals surface area contributed by atoms with Crippen molar-refractivity contribution in [3.05, 3.63) is 66.4 Å². The van der Waals surface area contributed by atoms with Crippen molar-refractivity contribution in [1.29, 1.82) is 0 Å². The van der Waals surface area contributed by atoms with Gasteiger partial charge in [-0.15, -0.1) is 0 Å². The number of hydrogen-bond acceptors (Lipinski definition) is 4. The van der Waals surface area contributed by atoms with E-state index in [1.54, 1.807) is 18.3 Å². The summed E-state index contributed by atoms with van der Waals surface area (Å²) < 4.78 is 0. The Morgan fingerprint density at radius 1 is 1.00 bits per heavy atom. The van der Waals surface area contributed by atoms with Crippen LogP contribution in [0.1, 0.15) is 10.4 Å². The fraction of sp³-hybridized carbons (Fsp3) is 0. The molecule has 4 N–H and O–H groups in total. The summed E-state index contributed by atoms with van der Waals surface area (Å²) in [6.45, 7) is 0. The van der Waals surface area contributed by atoms with Gasteiger partial charge in [0.2, 0.25) is 0 Å². The largest absolute Gasteiger partial charge is 0.322 e. The SMILES string of the molecule is NNc1ncccc1C(=O)Nc1ccc2ccccc2c1. The molecule has 0 aliphatic rings. The van der Waals surface area contributed by atoms with Crippen molar-refractivity contribution in [2.45, 2.75) is 0 Å². The smallest absolute Gasteiger partial charge is 0.259 e. The Balaban J connectivity index is 1.89. The molecular formula is C16H14N4O. The Bertz CT molecular complexity index is 801. The second kappa shape index (κ2) is 5.60. The first-order valence-electron chi connectivity index (χ1n) is 6.50. The molecule has 0 saturated carbocycles. The Hall–Kier alpha value is -2.92. The van der Waals surface area contributed by atoms with Crippen molar-refractivity contribution in [2.75, 3.05) is 10.7 Å². The highest BCUT2D eigenvalue weighted by atomic mass is 16.1. The van der Waals surface area contributed by atoms with E-state index < -0.39 is 0 Å². The third-order valence-electron chi connectivity index (χ3n) is 3.20. The van der Waals surface area contributed by atoms with Crippen LogP contribution in [0.4, 0.5) is 11.5 Å². The molecule has 3 aromatic rings. The molecule has 1 amide bonds. The molecule has 5 heteroatoms. The molecule has 0 radical (unpaired) electrons. The topological polar surface area (TPSA) is 80.0 Å². The fourth-order valence-electron chi connectivity index (χ4n) is 2.17. The predicted molar refractivity (Wildman–Crippen MR) is 83.9 cm³/mol. The molecular weight excluding hydrogens is 264 g/mol. The van der Waals surface area contributed by atoms with Gasteiger partial charge in [0.25, 0.3) is 5.91 Å². The van der Waals surface area contributed by atoms with Gasteiger partial charge in [0.05, 0.1) is 5.56 Å². The van der Waals surface area contributed by atoms with Crippen LogP contribution in [0.15, 0.2) is 60.8 Å². The molecule has 2 aromatic carbocycles. The predicted octanol–water partition coefficient (Wildman–Crippen LogP) is 2.77. The summed E-state index contributed by atoms with van der Waals surface area (Å²) in [4.78, 5) is 16.3. The van der Waals surface area contributed by atoms with Gasteiger partial charge in [-0.25, -0.2) is 10.8 Å². The molecule has 0 unspecified atom stereocenters. The highest BCUT2D eigenvalue weighted by Crippen LogP contribution is 2.20. The Morgan fingerprint density at radius 2 is 1.81 bits per heavy atom. The number of fused-ring (bicyclic) bond motifs is 1. The van der Waals surface area contributed by atoms with Crippen LogP contribution < -0.4 is 16.6 Å². The lowest BCUT2D eigenvalue weighted by atomic mass is 10.1. The van der Waals surface area contributed by atoms with Crippen molar-refractivity contribution in [3.8, 4) is 0 Å². The van der Waals surface area contributed by atoms with E-state index >= 15 is 0 Å². The molecule has 0 aliphatic heterocycles. The van der Waals surface area contributed by atoms with Crippen molar-refractivity contribution >= 4 is 28.2 Å².